The Balaban J connectivity index is 2.55. The fourth-order valence-corrected chi connectivity index (χ4v) is 2.65. The molecule has 0 aromatic heterocycles. The summed E-state index contributed by atoms with van der Waals surface area (Å²) in [6.07, 6.45) is 13.1. The number of halogens is 6. The van der Waals surface area contributed by atoms with E-state index in [9.17, 15) is 31.1 Å². The summed E-state index contributed by atoms with van der Waals surface area (Å²) in [6.45, 7) is 0.490. The Hall–Kier alpha value is -3.23. The number of benzene rings is 1. The highest BCUT2D eigenvalue weighted by atomic mass is 19.3. The maximum atomic E-state index is 13.9. The zero-order chi connectivity index (χ0) is 25.1. The number of carbonyl (C=O) groups is 1. The Morgan fingerprint density at radius 1 is 0.879 bits per heavy atom. The SMILES string of the molecule is CC(F)(F)CC(F)(F)C(N/C=C/C=C/C=C/C=C/C=C/c1ccc(C(=O)O)cc1)C(C)(F)F. The lowest BCUT2D eigenvalue weighted by Gasteiger charge is -2.32. The number of carboxylic acid groups (broad SMARTS) is 1. The maximum Gasteiger partial charge on any atom is 0.335 e. The van der Waals surface area contributed by atoms with Crippen molar-refractivity contribution in [3.63, 3.8) is 0 Å². The van der Waals surface area contributed by atoms with Crippen LogP contribution in [0.4, 0.5) is 26.3 Å². The van der Waals surface area contributed by atoms with Gasteiger partial charge in [-0.3, -0.25) is 0 Å². The maximum absolute atomic E-state index is 13.9. The van der Waals surface area contributed by atoms with E-state index in [0.29, 0.717) is 0 Å². The minimum Gasteiger partial charge on any atom is -0.478 e. The Morgan fingerprint density at radius 3 is 1.82 bits per heavy atom. The molecule has 2 N–H and O–H groups in total. The zero-order valence-electron chi connectivity index (χ0n) is 18.0. The molecule has 0 aliphatic rings. The lowest BCUT2D eigenvalue weighted by Crippen LogP contribution is -2.55. The molecule has 0 bridgehead atoms. The summed E-state index contributed by atoms with van der Waals surface area (Å²) in [7, 11) is 0. The summed E-state index contributed by atoms with van der Waals surface area (Å²) in [5.41, 5.74) is 1.01. The number of aromatic carboxylic acids is 1. The van der Waals surface area contributed by atoms with Crippen molar-refractivity contribution in [2.24, 2.45) is 0 Å². The predicted molar refractivity (Wildman–Crippen MR) is 117 cm³/mol. The first-order valence-electron chi connectivity index (χ1n) is 9.78. The van der Waals surface area contributed by atoms with Gasteiger partial charge in [-0.1, -0.05) is 60.7 Å². The smallest absolute Gasteiger partial charge is 0.335 e. The van der Waals surface area contributed by atoms with E-state index in [4.69, 9.17) is 5.11 Å². The fraction of sp³-hybridized carbons (Fsp3) is 0.292. The van der Waals surface area contributed by atoms with Gasteiger partial charge in [0.15, 0.2) is 6.04 Å². The topological polar surface area (TPSA) is 49.3 Å². The first-order valence-corrected chi connectivity index (χ1v) is 9.78. The number of carboxylic acids is 1. The van der Waals surface area contributed by atoms with Crippen LogP contribution in [0.15, 0.2) is 79.1 Å². The molecular weight excluding hydrogens is 448 g/mol. The number of hydrogen-bond acceptors (Lipinski definition) is 2. The van der Waals surface area contributed by atoms with E-state index in [1.807, 2.05) is 5.32 Å². The van der Waals surface area contributed by atoms with Gasteiger partial charge in [0.05, 0.1) is 12.0 Å². The third-order valence-corrected chi connectivity index (χ3v) is 4.06. The van der Waals surface area contributed by atoms with Crippen molar-refractivity contribution < 1.29 is 36.2 Å². The van der Waals surface area contributed by atoms with E-state index in [0.717, 1.165) is 11.8 Å². The molecule has 1 atom stereocenters. The van der Waals surface area contributed by atoms with Gasteiger partial charge in [-0.05, 0) is 36.9 Å². The van der Waals surface area contributed by atoms with E-state index in [1.165, 1.54) is 30.4 Å². The summed E-state index contributed by atoms with van der Waals surface area (Å²) >= 11 is 0. The summed E-state index contributed by atoms with van der Waals surface area (Å²) in [4.78, 5) is 10.8. The average Bonchev–Trinajstić information content (AvgIpc) is 2.66. The molecule has 9 heteroatoms. The van der Waals surface area contributed by atoms with Crippen LogP contribution in [0.2, 0.25) is 0 Å². The van der Waals surface area contributed by atoms with Crippen LogP contribution in [0.1, 0.15) is 36.2 Å². The van der Waals surface area contributed by atoms with E-state index in [2.05, 4.69) is 0 Å². The van der Waals surface area contributed by atoms with Crippen LogP contribution >= 0.6 is 0 Å². The van der Waals surface area contributed by atoms with E-state index >= 15 is 0 Å². The van der Waals surface area contributed by atoms with Gasteiger partial charge in [-0.25, -0.2) is 31.1 Å². The minimum absolute atomic E-state index is 0.191. The standard InChI is InChI=1S/C24H25F6NO2/c1-22(25,26)17-24(29,30)21(23(2,27)28)31-16-10-8-6-4-3-5-7-9-11-18-12-14-19(15-13-18)20(32)33/h3-16,21,31H,17H2,1-2H3,(H,32,33)/b4-3+,7-5+,8-6+,11-9+,16-10+. The van der Waals surface area contributed by atoms with Crippen molar-refractivity contribution in [3.05, 3.63) is 90.2 Å². The molecule has 1 aromatic carbocycles. The van der Waals surface area contributed by atoms with Crippen molar-refractivity contribution in [1.29, 1.82) is 0 Å². The van der Waals surface area contributed by atoms with Crippen molar-refractivity contribution in [1.82, 2.24) is 5.32 Å². The van der Waals surface area contributed by atoms with Crippen LogP contribution in [-0.2, 0) is 0 Å². The molecule has 0 fully saturated rings. The fourth-order valence-electron chi connectivity index (χ4n) is 2.65. The normalized spacial score (nSPS) is 14.9. The number of rotatable bonds is 12. The van der Waals surface area contributed by atoms with Gasteiger partial charge >= 0.3 is 5.97 Å². The summed E-state index contributed by atoms with van der Waals surface area (Å²) in [6, 6.07) is 3.52. The second-order valence-electron chi connectivity index (χ2n) is 7.36. The quantitative estimate of drug-likeness (QED) is 0.257. The molecule has 0 heterocycles. The molecule has 0 saturated carbocycles. The van der Waals surface area contributed by atoms with Gasteiger partial charge in [0.25, 0.3) is 17.8 Å². The van der Waals surface area contributed by atoms with E-state index in [-0.39, 0.29) is 19.4 Å². The molecule has 3 nitrogen and oxygen atoms in total. The van der Waals surface area contributed by atoms with Gasteiger partial charge in [-0.2, -0.15) is 0 Å². The van der Waals surface area contributed by atoms with Gasteiger partial charge in [0, 0.05) is 6.92 Å². The van der Waals surface area contributed by atoms with E-state index in [1.54, 1.807) is 48.6 Å². The highest BCUT2D eigenvalue weighted by Crippen LogP contribution is 2.38. The van der Waals surface area contributed by atoms with Crippen LogP contribution in [0.25, 0.3) is 6.08 Å². The van der Waals surface area contributed by atoms with Crippen molar-refractivity contribution in [2.45, 2.75) is 44.1 Å². The second-order valence-corrected chi connectivity index (χ2v) is 7.36. The highest BCUT2D eigenvalue weighted by Gasteiger charge is 2.55. The van der Waals surface area contributed by atoms with Gasteiger partial charge in [-0.15, -0.1) is 0 Å². The molecule has 0 amide bonds. The molecule has 1 unspecified atom stereocenters. The molecule has 0 spiro atoms. The van der Waals surface area contributed by atoms with Gasteiger partial charge < -0.3 is 10.4 Å². The Morgan fingerprint density at radius 2 is 1.36 bits per heavy atom. The summed E-state index contributed by atoms with van der Waals surface area (Å²) < 4.78 is 80.6. The van der Waals surface area contributed by atoms with E-state index < -0.39 is 36.2 Å². The largest absolute Gasteiger partial charge is 0.478 e. The van der Waals surface area contributed by atoms with Crippen LogP contribution in [0, 0.1) is 0 Å². The van der Waals surface area contributed by atoms with Crippen LogP contribution in [0.5, 0.6) is 0 Å². The van der Waals surface area contributed by atoms with Crippen LogP contribution in [0.3, 0.4) is 0 Å². The number of hydrogen-bond donors (Lipinski definition) is 2. The number of nitrogens with one attached hydrogen (secondary N) is 1. The molecular formula is C24H25F6NO2. The zero-order valence-corrected chi connectivity index (χ0v) is 18.0. The van der Waals surface area contributed by atoms with Crippen LogP contribution < -0.4 is 5.32 Å². The molecule has 1 aromatic rings. The average molecular weight is 473 g/mol. The minimum atomic E-state index is -4.33. The molecule has 0 aliphatic carbocycles. The molecule has 0 radical (unpaired) electrons. The predicted octanol–water partition coefficient (Wildman–Crippen LogP) is 6.87. The lowest BCUT2D eigenvalue weighted by molar-refractivity contribution is -0.168. The molecule has 0 saturated heterocycles. The highest BCUT2D eigenvalue weighted by molar-refractivity contribution is 5.87. The summed E-state index contributed by atoms with van der Waals surface area (Å²) in [5, 5.41) is 10.7. The molecule has 180 valence electrons. The Labute approximate surface area is 188 Å². The van der Waals surface area contributed by atoms with Crippen molar-refractivity contribution in [3.8, 4) is 0 Å². The second kappa shape index (κ2) is 12.1. The molecule has 0 aliphatic heterocycles. The third-order valence-electron chi connectivity index (χ3n) is 4.06. The monoisotopic (exact) mass is 473 g/mol. The number of alkyl halides is 6. The number of allylic oxidation sites excluding steroid dienone is 8. The lowest BCUT2D eigenvalue weighted by atomic mass is 9.98. The van der Waals surface area contributed by atoms with Crippen molar-refractivity contribution in [2.75, 3.05) is 0 Å². The molecule has 33 heavy (non-hydrogen) atoms. The Kier molecular flexibility index (Phi) is 10.2. The Bertz CT molecular complexity index is 904. The summed E-state index contributed by atoms with van der Waals surface area (Å²) in [5.74, 6) is -13.1. The van der Waals surface area contributed by atoms with Crippen LogP contribution in [-0.4, -0.2) is 34.9 Å². The third kappa shape index (κ3) is 11.3. The van der Waals surface area contributed by atoms with Crippen molar-refractivity contribution >= 4 is 12.0 Å². The van der Waals surface area contributed by atoms with Gasteiger partial charge in [0.2, 0.25) is 0 Å². The molecule has 1 rings (SSSR count). The first kappa shape index (κ1) is 27.8. The first-order chi connectivity index (χ1) is 15.2. The van der Waals surface area contributed by atoms with Gasteiger partial charge in [0.1, 0.15) is 0 Å².